The van der Waals surface area contributed by atoms with Gasteiger partial charge in [-0.3, -0.25) is 0 Å². The number of para-hydroxylation sites is 2. The van der Waals surface area contributed by atoms with Crippen LogP contribution >= 0.6 is 0 Å². The van der Waals surface area contributed by atoms with E-state index in [-0.39, 0.29) is 13.4 Å². The van der Waals surface area contributed by atoms with E-state index in [0.717, 1.165) is 66.6 Å². The number of nitrogens with zero attached hydrogens (tertiary/aromatic N) is 2. The highest BCUT2D eigenvalue weighted by molar-refractivity contribution is 7.01. The van der Waals surface area contributed by atoms with Gasteiger partial charge in [-0.15, -0.1) is 0 Å². The van der Waals surface area contributed by atoms with Crippen molar-refractivity contribution < 1.29 is 8.83 Å². The summed E-state index contributed by atoms with van der Waals surface area (Å²) in [7, 11) is 0. The molecule has 0 saturated carbocycles. The van der Waals surface area contributed by atoms with Gasteiger partial charge in [0.15, 0.2) is 11.2 Å². The summed E-state index contributed by atoms with van der Waals surface area (Å²) in [6.45, 7) is 13.5. The Bertz CT molecular complexity index is 3950. The minimum atomic E-state index is -0.0994. The summed E-state index contributed by atoms with van der Waals surface area (Å²) >= 11 is 0. The fourth-order valence-electron chi connectivity index (χ4n) is 13.5. The Morgan fingerprint density at radius 1 is 0.338 bits per heavy atom. The van der Waals surface area contributed by atoms with Crippen LogP contribution in [0.4, 0.5) is 34.1 Å². The first-order valence-electron chi connectivity index (χ1n) is 24.0. The van der Waals surface area contributed by atoms with E-state index in [1.54, 1.807) is 0 Å². The number of hydrogen-bond donors (Lipinski definition) is 0. The first kappa shape index (κ1) is 38.2. The van der Waals surface area contributed by atoms with Crippen molar-refractivity contribution in [3.05, 3.63) is 191 Å². The van der Waals surface area contributed by atoms with Crippen LogP contribution < -0.4 is 42.6 Å². The summed E-state index contributed by atoms with van der Waals surface area (Å²) in [6.07, 6.45) is 0. The van der Waals surface area contributed by atoms with Gasteiger partial charge in [-0.05, 0) is 109 Å². The minimum absolute atomic E-state index is 0.0994. The lowest BCUT2D eigenvalue weighted by molar-refractivity contribution is 0.668. The van der Waals surface area contributed by atoms with Crippen LogP contribution in [-0.2, 0) is 0 Å². The zero-order chi connectivity index (χ0) is 45.4. The normalized spacial score (nSPS) is 13.6. The predicted octanol–water partition coefficient (Wildman–Crippen LogP) is 12.6. The Balaban J connectivity index is 1.20. The van der Waals surface area contributed by atoms with Crippen molar-refractivity contribution >= 4 is 146 Å². The standard InChI is InChI=1S/C62H44B2N2O2/c1-33-27-35(3)53(36(4)28-33)63-47-25-23-45-43-19-11-13-21-51(43)67-61(45)57(47)65-50-32-40-16-8-10-18-42(40)56-60(50)66(49-31-39-15-7-9-17-41(39)55(63)59(49)65)58-48(64(56)54-37(5)29-34(2)30-38(54)6)26-24-46-44-20-12-14-22-52(44)68-62(46)58/h7-32H,1-6H3. The minimum Gasteiger partial charge on any atom is -0.454 e. The van der Waals surface area contributed by atoms with Gasteiger partial charge in [-0.1, -0.05) is 178 Å². The topological polar surface area (TPSA) is 32.8 Å². The molecule has 0 unspecified atom stereocenters. The lowest BCUT2D eigenvalue weighted by Gasteiger charge is -2.49. The van der Waals surface area contributed by atoms with E-state index in [4.69, 9.17) is 8.83 Å². The highest BCUT2D eigenvalue weighted by Crippen LogP contribution is 2.59. The van der Waals surface area contributed by atoms with Crippen LogP contribution in [-0.4, -0.2) is 13.4 Å². The van der Waals surface area contributed by atoms with Crippen molar-refractivity contribution in [1.29, 1.82) is 0 Å². The molecule has 0 aliphatic carbocycles. The van der Waals surface area contributed by atoms with Crippen LogP contribution in [0.1, 0.15) is 33.4 Å². The molecule has 0 atom stereocenters. The molecule has 320 valence electrons. The van der Waals surface area contributed by atoms with Crippen LogP contribution in [0.3, 0.4) is 0 Å². The maximum absolute atomic E-state index is 7.22. The maximum Gasteiger partial charge on any atom is 0.248 e. The quantitative estimate of drug-likeness (QED) is 0.162. The molecule has 0 fully saturated rings. The molecule has 12 aromatic rings. The van der Waals surface area contributed by atoms with Gasteiger partial charge in [-0.2, -0.15) is 0 Å². The number of benzene rings is 10. The fourth-order valence-corrected chi connectivity index (χ4v) is 13.5. The molecule has 4 nitrogen and oxygen atoms in total. The molecule has 6 heteroatoms. The molecule has 68 heavy (non-hydrogen) atoms. The number of hydrogen-bond acceptors (Lipinski definition) is 4. The molecule has 0 bridgehead atoms. The number of aryl methyl sites for hydroxylation is 6. The van der Waals surface area contributed by atoms with Gasteiger partial charge in [0, 0.05) is 21.5 Å². The molecular weight excluding hydrogens is 826 g/mol. The van der Waals surface area contributed by atoms with Crippen molar-refractivity contribution in [3.63, 3.8) is 0 Å². The van der Waals surface area contributed by atoms with E-state index in [2.05, 4.69) is 209 Å². The molecular formula is C62H44B2N2O2. The first-order chi connectivity index (χ1) is 33.2. The van der Waals surface area contributed by atoms with Crippen molar-refractivity contribution in [2.24, 2.45) is 0 Å². The third-order valence-corrected chi connectivity index (χ3v) is 15.8. The van der Waals surface area contributed by atoms with Crippen molar-refractivity contribution in [3.8, 4) is 0 Å². The van der Waals surface area contributed by atoms with E-state index in [1.165, 1.54) is 99.1 Å². The van der Waals surface area contributed by atoms with Gasteiger partial charge in [0.2, 0.25) is 13.4 Å². The number of anilines is 6. The second-order valence-corrected chi connectivity index (χ2v) is 19.9. The van der Waals surface area contributed by atoms with Crippen LogP contribution in [0, 0.1) is 41.5 Å². The summed E-state index contributed by atoms with van der Waals surface area (Å²) in [6, 6.07) is 59.1. The van der Waals surface area contributed by atoms with Gasteiger partial charge < -0.3 is 18.6 Å². The molecule has 5 heterocycles. The van der Waals surface area contributed by atoms with Crippen LogP contribution in [0.25, 0.3) is 65.4 Å². The van der Waals surface area contributed by atoms with Crippen molar-refractivity contribution in [2.45, 2.75) is 41.5 Å². The molecule has 3 aliphatic heterocycles. The molecule has 15 rings (SSSR count). The van der Waals surface area contributed by atoms with Gasteiger partial charge in [0.1, 0.15) is 11.2 Å². The van der Waals surface area contributed by atoms with Crippen molar-refractivity contribution in [1.82, 2.24) is 0 Å². The highest BCUT2D eigenvalue weighted by atomic mass is 16.3. The lowest BCUT2D eigenvalue weighted by Crippen LogP contribution is -2.62. The predicted molar refractivity (Wildman–Crippen MR) is 290 cm³/mol. The molecule has 10 aromatic carbocycles. The lowest BCUT2D eigenvalue weighted by atomic mass is 9.32. The largest absolute Gasteiger partial charge is 0.454 e. The van der Waals surface area contributed by atoms with E-state index in [9.17, 15) is 0 Å². The average Bonchev–Trinajstić information content (AvgIpc) is 3.91. The summed E-state index contributed by atoms with van der Waals surface area (Å²) < 4.78 is 14.4. The van der Waals surface area contributed by atoms with Crippen molar-refractivity contribution in [2.75, 3.05) is 9.80 Å². The molecule has 3 aliphatic rings. The van der Waals surface area contributed by atoms with E-state index in [1.807, 2.05) is 0 Å². The van der Waals surface area contributed by atoms with E-state index < -0.39 is 0 Å². The molecule has 0 amide bonds. The third kappa shape index (κ3) is 4.82. The fraction of sp³-hybridized carbons (Fsp3) is 0.0968. The maximum atomic E-state index is 7.22. The van der Waals surface area contributed by atoms with E-state index >= 15 is 0 Å². The summed E-state index contributed by atoms with van der Waals surface area (Å²) in [5, 5.41) is 9.41. The van der Waals surface area contributed by atoms with Crippen LogP contribution in [0.15, 0.2) is 167 Å². The van der Waals surface area contributed by atoms with E-state index in [0.29, 0.717) is 0 Å². The van der Waals surface area contributed by atoms with Gasteiger partial charge >= 0.3 is 0 Å². The molecule has 2 aromatic heterocycles. The molecule has 0 saturated heterocycles. The number of furan rings is 2. The summed E-state index contributed by atoms with van der Waals surface area (Å²) in [4.78, 5) is 5.26. The number of fused-ring (bicyclic) bond motifs is 18. The zero-order valence-electron chi connectivity index (χ0n) is 38.9. The summed E-state index contributed by atoms with van der Waals surface area (Å²) in [5.74, 6) is 0. The Morgan fingerprint density at radius 2 is 0.706 bits per heavy atom. The molecule has 0 N–H and O–H groups in total. The monoisotopic (exact) mass is 870 g/mol. The number of rotatable bonds is 2. The van der Waals surface area contributed by atoms with Crippen LogP contribution in [0.2, 0.25) is 0 Å². The smallest absolute Gasteiger partial charge is 0.248 e. The Kier molecular flexibility index (Phi) is 7.50. The van der Waals surface area contributed by atoms with Gasteiger partial charge in [0.25, 0.3) is 0 Å². The first-order valence-corrected chi connectivity index (χ1v) is 24.0. The average molecular weight is 871 g/mol. The van der Waals surface area contributed by atoms with Gasteiger partial charge in [-0.25, -0.2) is 0 Å². The van der Waals surface area contributed by atoms with Gasteiger partial charge in [0.05, 0.1) is 34.1 Å². The third-order valence-electron chi connectivity index (χ3n) is 15.8. The Labute approximate surface area is 395 Å². The Morgan fingerprint density at radius 3 is 1.12 bits per heavy atom. The molecule has 0 radical (unpaired) electrons. The highest BCUT2D eigenvalue weighted by Gasteiger charge is 2.50. The van der Waals surface area contributed by atoms with Crippen LogP contribution in [0.5, 0.6) is 0 Å². The molecule has 0 spiro atoms. The summed E-state index contributed by atoms with van der Waals surface area (Å²) in [5.41, 5.74) is 26.0. The second-order valence-electron chi connectivity index (χ2n) is 19.9. The second kappa shape index (κ2) is 13.4. The zero-order valence-corrected chi connectivity index (χ0v) is 38.9. The SMILES string of the molecule is Cc1cc(C)c(B2c3ccc4c(oc5ccccc54)c3N3c4cc5ccccc5c5c4N(c4cc6ccccc6c2c43)c2c(ccc3c2oc2ccccc23)B5c2c(C)cc(C)cc2C)c(C)c1. The Hall–Kier alpha value is -7.95.